The molecule has 0 unspecified atom stereocenters. The fourth-order valence-electron chi connectivity index (χ4n) is 1.34. The van der Waals surface area contributed by atoms with Crippen molar-refractivity contribution in [3.63, 3.8) is 0 Å². The predicted molar refractivity (Wildman–Crippen MR) is 72.2 cm³/mol. The molecule has 0 saturated heterocycles. The molecule has 0 aromatic rings. The summed E-state index contributed by atoms with van der Waals surface area (Å²) in [5, 5.41) is 37.5. The molecule has 123 valence electrons. The Morgan fingerprint density at radius 1 is 0.455 bits per heavy atom. The maximum atomic E-state index is 6.25. The molecule has 0 atom stereocenters. The summed E-state index contributed by atoms with van der Waals surface area (Å²) >= 11 is 0. The Labute approximate surface area is 146 Å². The van der Waals surface area contributed by atoms with Gasteiger partial charge in [0.15, 0.2) is 0 Å². The molecule has 8 heteroatoms. The van der Waals surface area contributed by atoms with Crippen LogP contribution in [0.25, 0.3) is 0 Å². The van der Waals surface area contributed by atoms with E-state index in [1.165, 1.54) is 30.7 Å². The molecule has 0 heterocycles. The maximum Gasteiger partial charge on any atom is 0.0757 e. The van der Waals surface area contributed by atoms with E-state index in [0.29, 0.717) is 0 Å². The molecule has 0 aromatic heterocycles. The SMILES string of the molecule is CC[N+](CC)(CC)CC.[C-]#N.[C-]#N.[C-]#N.[C-]#N.[C-]#N.[C-]#N.[Mn]. The van der Waals surface area contributed by atoms with Crippen molar-refractivity contribution in [2.45, 2.75) is 27.7 Å². The number of nitrogens with zero attached hydrogens (tertiary/aromatic N) is 7. The molecule has 7 nitrogen and oxygen atoms in total. The van der Waals surface area contributed by atoms with Crippen molar-refractivity contribution < 1.29 is 21.6 Å². The van der Waals surface area contributed by atoms with E-state index >= 15 is 0 Å². The summed E-state index contributed by atoms with van der Waals surface area (Å²) in [6.07, 6.45) is 0. The van der Waals surface area contributed by atoms with Crippen molar-refractivity contribution in [2.24, 2.45) is 0 Å². The van der Waals surface area contributed by atoms with Gasteiger partial charge in [0, 0.05) is 17.1 Å². The molecule has 0 aliphatic rings. The van der Waals surface area contributed by atoms with Gasteiger partial charge in [-0.05, 0) is 27.7 Å². The summed E-state index contributed by atoms with van der Waals surface area (Å²) in [7, 11) is 0. The molecule has 0 fully saturated rings. The van der Waals surface area contributed by atoms with Crippen molar-refractivity contribution in [1.82, 2.24) is 0 Å². The smallest absolute Gasteiger partial charge is 0.0757 e. The Bertz CT molecular complexity index is 196. The normalized spacial score (nSPS) is 5.45. The van der Waals surface area contributed by atoms with Crippen LogP contribution >= 0.6 is 0 Å². The molecule has 0 spiro atoms. The van der Waals surface area contributed by atoms with Gasteiger partial charge in [0.1, 0.15) is 0 Å². The second-order valence-electron chi connectivity index (χ2n) is 2.61. The first-order chi connectivity index (χ1) is 10.2. The zero-order valence-electron chi connectivity index (χ0n) is 13.3. The molecule has 0 saturated carbocycles. The van der Waals surface area contributed by atoms with Gasteiger partial charge in [0.2, 0.25) is 0 Å². The second kappa shape index (κ2) is 102. The minimum absolute atomic E-state index is 0. The van der Waals surface area contributed by atoms with Crippen molar-refractivity contribution >= 4 is 0 Å². The van der Waals surface area contributed by atoms with E-state index in [-0.39, 0.29) is 17.1 Å². The van der Waals surface area contributed by atoms with Crippen molar-refractivity contribution in [3.05, 3.63) is 39.4 Å². The third-order valence-electron chi connectivity index (χ3n) is 2.68. The van der Waals surface area contributed by atoms with Crippen LogP contribution in [0.5, 0.6) is 0 Å². The van der Waals surface area contributed by atoms with Crippen LogP contribution in [0.4, 0.5) is 0 Å². The van der Waals surface area contributed by atoms with Crippen molar-refractivity contribution in [2.75, 3.05) is 26.2 Å². The zero-order valence-corrected chi connectivity index (χ0v) is 14.5. The third kappa shape index (κ3) is 52.9. The van der Waals surface area contributed by atoms with Gasteiger partial charge in [-0.3, -0.25) is 0 Å². The monoisotopic (exact) mass is 341 g/mol. The summed E-state index contributed by atoms with van der Waals surface area (Å²) in [6.45, 7) is 42.7. The van der Waals surface area contributed by atoms with E-state index in [9.17, 15) is 0 Å². The second-order valence-corrected chi connectivity index (χ2v) is 2.61. The van der Waals surface area contributed by atoms with Crippen LogP contribution in [0.15, 0.2) is 0 Å². The van der Waals surface area contributed by atoms with Crippen LogP contribution in [0, 0.1) is 71.0 Å². The first kappa shape index (κ1) is 50.5. The summed E-state index contributed by atoms with van der Waals surface area (Å²) in [5.41, 5.74) is 0. The van der Waals surface area contributed by atoms with Gasteiger partial charge in [0.05, 0.1) is 26.2 Å². The Kier molecular flexibility index (Phi) is 233. The molecular weight excluding hydrogens is 321 g/mol. The average molecular weight is 341 g/mol. The number of quaternary nitrogens is 1. The van der Waals surface area contributed by atoms with Crippen LogP contribution in [-0.4, -0.2) is 30.7 Å². The van der Waals surface area contributed by atoms with Crippen molar-refractivity contribution in [3.8, 4) is 0 Å². The maximum absolute atomic E-state index is 6.25. The molecule has 1 radical (unpaired) electrons. The van der Waals surface area contributed by atoms with E-state index in [0.717, 1.165) is 0 Å². The first-order valence-corrected chi connectivity index (χ1v) is 5.43. The van der Waals surface area contributed by atoms with Gasteiger partial charge in [-0.25, -0.2) is 0 Å². The van der Waals surface area contributed by atoms with Gasteiger partial charge in [0.25, 0.3) is 0 Å². The largest absolute Gasteiger partial charge is 0.512 e. The van der Waals surface area contributed by atoms with Crippen LogP contribution in [0.2, 0.25) is 0 Å². The minimum Gasteiger partial charge on any atom is -0.512 e. The number of rotatable bonds is 4. The van der Waals surface area contributed by atoms with Gasteiger partial charge < -0.3 is 75.5 Å². The molecule has 22 heavy (non-hydrogen) atoms. The molecule has 0 aromatic carbocycles. The quantitative estimate of drug-likeness (QED) is 0.436. The van der Waals surface area contributed by atoms with Gasteiger partial charge >= 0.3 is 0 Å². The van der Waals surface area contributed by atoms with E-state index in [2.05, 4.69) is 27.7 Å². The third-order valence-corrected chi connectivity index (χ3v) is 2.68. The molecule has 0 aliphatic heterocycles. The summed E-state index contributed by atoms with van der Waals surface area (Å²) in [4.78, 5) is 0. The summed E-state index contributed by atoms with van der Waals surface area (Å²) in [6, 6.07) is 0. The zero-order chi connectivity index (χ0) is 19.3. The summed E-state index contributed by atoms with van der Waals surface area (Å²) < 4.78 is 1.28. The van der Waals surface area contributed by atoms with Crippen LogP contribution in [0.1, 0.15) is 27.7 Å². The molecule has 0 aliphatic carbocycles. The molecule has 0 bridgehead atoms. The molecule has 0 N–H and O–H groups in total. The first-order valence-electron chi connectivity index (χ1n) is 5.43. The summed E-state index contributed by atoms with van der Waals surface area (Å²) in [5.74, 6) is 0. The Hall–Kier alpha value is -2.58. The predicted octanol–water partition coefficient (Wildman–Crippen LogP) is 2.46. The van der Waals surface area contributed by atoms with Crippen LogP contribution in [0.3, 0.4) is 0 Å². The average Bonchev–Trinajstić information content (AvgIpc) is 2.67. The Morgan fingerprint density at radius 2 is 0.545 bits per heavy atom. The van der Waals surface area contributed by atoms with E-state index in [1.807, 2.05) is 0 Å². The van der Waals surface area contributed by atoms with E-state index in [1.54, 1.807) is 0 Å². The van der Waals surface area contributed by atoms with Crippen LogP contribution < -0.4 is 0 Å². The fraction of sp³-hybridized carbons (Fsp3) is 0.571. The Balaban J connectivity index is -0.0000000214. The van der Waals surface area contributed by atoms with Gasteiger partial charge in [-0.1, -0.05) is 0 Å². The number of hydrogen-bond acceptors (Lipinski definition) is 6. The standard InChI is InChI=1S/C8H20N.6CN.Mn/c1-5-9(6-2,7-3)8-4;6*1-2;/h5-8H2,1-4H3;;;;;;;/q+1;6*-1;. The molecular formula is C14H20MnN7-5. The Morgan fingerprint density at radius 3 is 0.545 bits per heavy atom. The van der Waals surface area contributed by atoms with Gasteiger partial charge in [-0.2, -0.15) is 0 Å². The number of hydrogen-bond donors (Lipinski definition) is 0. The van der Waals surface area contributed by atoms with Crippen molar-refractivity contribution in [1.29, 1.82) is 31.6 Å². The molecule has 0 rings (SSSR count). The topological polar surface area (TPSA) is 143 Å². The van der Waals surface area contributed by atoms with Gasteiger partial charge in [-0.15, -0.1) is 0 Å². The fourth-order valence-corrected chi connectivity index (χ4v) is 1.34. The van der Waals surface area contributed by atoms with E-state index in [4.69, 9.17) is 71.0 Å². The molecule has 0 amide bonds. The van der Waals surface area contributed by atoms with Crippen LogP contribution in [-0.2, 0) is 17.1 Å². The minimum atomic E-state index is 0. The van der Waals surface area contributed by atoms with E-state index < -0.39 is 0 Å².